The molecule has 1 aliphatic rings. The van der Waals surface area contributed by atoms with E-state index in [9.17, 15) is 4.79 Å². The van der Waals surface area contributed by atoms with E-state index in [2.05, 4.69) is 11.6 Å². The number of carbonyl (C=O) groups excluding carboxylic acids is 1. The van der Waals surface area contributed by atoms with Gasteiger partial charge in [-0.3, -0.25) is 4.79 Å². The van der Waals surface area contributed by atoms with Gasteiger partial charge in [0.1, 0.15) is 0 Å². The maximum Gasteiger partial charge on any atom is 0.224 e. The molecule has 0 heterocycles. The van der Waals surface area contributed by atoms with Crippen LogP contribution < -0.4 is 11.1 Å². The van der Waals surface area contributed by atoms with E-state index in [1.54, 1.807) is 0 Å². The van der Waals surface area contributed by atoms with Gasteiger partial charge in [-0.1, -0.05) is 13.3 Å². The van der Waals surface area contributed by atoms with Gasteiger partial charge in [0.15, 0.2) is 0 Å². The zero-order valence-corrected chi connectivity index (χ0v) is 10.6. The molecule has 0 aromatic heterocycles. The zero-order chi connectivity index (χ0) is 11.4. The number of carbonyl (C=O) groups is 1. The lowest BCUT2D eigenvalue weighted by molar-refractivity contribution is -0.125. The van der Waals surface area contributed by atoms with Gasteiger partial charge in [0.2, 0.25) is 5.91 Å². The molecule has 1 rings (SSSR count). The van der Waals surface area contributed by atoms with Gasteiger partial charge in [-0.15, -0.1) is 0 Å². The summed E-state index contributed by atoms with van der Waals surface area (Å²) >= 11 is 1.86. The van der Waals surface area contributed by atoms with Gasteiger partial charge in [0.05, 0.1) is 0 Å². The van der Waals surface area contributed by atoms with Gasteiger partial charge in [0, 0.05) is 23.3 Å². The highest BCUT2D eigenvalue weighted by Crippen LogP contribution is 2.28. The zero-order valence-electron chi connectivity index (χ0n) is 9.82. The molecule has 0 spiro atoms. The van der Waals surface area contributed by atoms with Crippen LogP contribution in [0.5, 0.6) is 0 Å². The summed E-state index contributed by atoms with van der Waals surface area (Å²) in [5.74, 6) is 0.0176. The van der Waals surface area contributed by atoms with E-state index >= 15 is 0 Å². The second-order valence-corrected chi connectivity index (χ2v) is 5.54. The standard InChI is InChI=1S/C11H22N2OS/c1-7(8(2)12)11(14)13-9-5-4-6-10(9)15-3/h7-10H,4-6,12H2,1-3H3,(H,13,14). The first kappa shape index (κ1) is 12.8. The molecule has 1 fully saturated rings. The molecular formula is C11H22N2OS. The molecule has 1 aliphatic carbocycles. The lowest BCUT2D eigenvalue weighted by Crippen LogP contribution is -2.45. The first-order valence-corrected chi connectivity index (χ1v) is 6.93. The SMILES string of the molecule is CSC1CCCC1NC(=O)C(C)C(C)N. The molecule has 4 atom stereocenters. The normalized spacial score (nSPS) is 29.9. The van der Waals surface area contributed by atoms with Crippen LogP contribution in [0, 0.1) is 5.92 Å². The van der Waals surface area contributed by atoms with Gasteiger partial charge in [-0.25, -0.2) is 0 Å². The first-order valence-electron chi connectivity index (χ1n) is 5.65. The number of nitrogens with two attached hydrogens (primary N) is 1. The molecule has 0 bridgehead atoms. The molecule has 0 aliphatic heterocycles. The smallest absolute Gasteiger partial charge is 0.224 e. The van der Waals surface area contributed by atoms with E-state index in [0.29, 0.717) is 11.3 Å². The summed E-state index contributed by atoms with van der Waals surface area (Å²) in [5, 5.41) is 3.71. The molecule has 4 unspecified atom stereocenters. The van der Waals surface area contributed by atoms with Crippen LogP contribution in [-0.4, -0.2) is 29.5 Å². The predicted molar refractivity (Wildman–Crippen MR) is 65.9 cm³/mol. The summed E-state index contributed by atoms with van der Waals surface area (Å²) in [5.41, 5.74) is 5.71. The Hall–Kier alpha value is -0.220. The number of amides is 1. The topological polar surface area (TPSA) is 55.1 Å². The average molecular weight is 230 g/mol. The van der Waals surface area contributed by atoms with Gasteiger partial charge in [0.25, 0.3) is 0 Å². The molecular weight excluding hydrogens is 208 g/mol. The third kappa shape index (κ3) is 3.38. The van der Waals surface area contributed by atoms with Crippen molar-refractivity contribution >= 4 is 17.7 Å². The fourth-order valence-corrected chi connectivity index (χ4v) is 2.86. The van der Waals surface area contributed by atoms with E-state index in [0.717, 1.165) is 6.42 Å². The summed E-state index contributed by atoms with van der Waals surface area (Å²) in [6.45, 7) is 3.77. The van der Waals surface area contributed by atoms with Crippen molar-refractivity contribution in [2.45, 2.75) is 50.4 Å². The summed E-state index contributed by atoms with van der Waals surface area (Å²) in [6, 6.07) is 0.285. The largest absolute Gasteiger partial charge is 0.352 e. The van der Waals surface area contributed by atoms with Crippen molar-refractivity contribution in [2.75, 3.05) is 6.26 Å². The summed E-state index contributed by atoms with van der Waals surface area (Å²) < 4.78 is 0. The Labute approximate surface area is 96.6 Å². The minimum Gasteiger partial charge on any atom is -0.352 e. The number of thioether (sulfide) groups is 1. The van der Waals surface area contributed by atoms with Gasteiger partial charge >= 0.3 is 0 Å². The molecule has 1 saturated carbocycles. The lowest BCUT2D eigenvalue weighted by atomic mass is 10.0. The van der Waals surface area contributed by atoms with Gasteiger partial charge in [-0.05, 0) is 26.0 Å². The van der Waals surface area contributed by atoms with E-state index in [-0.39, 0.29) is 17.9 Å². The third-order valence-electron chi connectivity index (χ3n) is 3.29. The minimum absolute atomic E-state index is 0.0702. The van der Waals surface area contributed by atoms with Crippen molar-refractivity contribution in [3.8, 4) is 0 Å². The molecule has 15 heavy (non-hydrogen) atoms. The van der Waals surface area contributed by atoms with Crippen LogP contribution in [0.2, 0.25) is 0 Å². The molecule has 88 valence electrons. The highest BCUT2D eigenvalue weighted by atomic mass is 32.2. The van der Waals surface area contributed by atoms with E-state index < -0.39 is 0 Å². The lowest BCUT2D eigenvalue weighted by Gasteiger charge is -2.22. The fourth-order valence-electron chi connectivity index (χ4n) is 1.93. The molecule has 3 N–H and O–H groups in total. The molecule has 0 aromatic rings. The van der Waals surface area contributed by atoms with Crippen LogP contribution in [0.15, 0.2) is 0 Å². The quantitative estimate of drug-likeness (QED) is 0.767. The molecule has 1 amide bonds. The van der Waals surface area contributed by atoms with E-state index in [1.165, 1.54) is 12.8 Å². The number of hydrogen-bond acceptors (Lipinski definition) is 3. The second-order valence-electron chi connectivity index (χ2n) is 4.47. The number of rotatable bonds is 4. The highest BCUT2D eigenvalue weighted by molar-refractivity contribution is 7.99. The van der Waals surface area contributed by atoms with Crippen molar-refractivity contribution in [1.29, 1.82) is 0 Å². The van der Waals surface area contributed by atoms with Crippen LogP contribution >= 0.6 is 11.8 Å². The first-order chi connectivity index (χ1) is 7.06. The molecule has 4 heteroatoms. The Morgan fingerprint density at radius 2 is 2.13 bits per heavy atom. The molecule has 3 nitrogen and oxygen atoms in total. The van der Waals surface area contributed by atoms with Crippen molar-refractivity contribution in [1.82, 2.24) is 5.32 Å². The number of nitrogens with one attached hydrogen (secondary N) is 1. The average Bonchev–Trinajstić information content (AvgIpc) is 2.63. The second kappa shape index (κ2) is 5.75. The minimum atomic E-state index is -0.0897. The van der Waals surface area contributed by atoms with Crippen molar-refractivity contribution in [3.63, 3.8) is 0 Å². The van der Waals surface area contributed by atoms with Crippen molar-refractivity contribution in [2.24, 2.45) is 11.7 Å². The summed E-state index contributed by atoms with van der Waals surface area (Å²) in [7, 11) is 0. The van der Waals surface area contributed by atoms with Gasteiger partial charge in [-0.2, -0.15) is 11.8 Å². The fraction of sp³-hybridized carbons (Fsp3) is 0.909. The van der Waals surface area contributed by atoms with Crippen LogP contribution in [0.4, 0.5) is 0 Å². The summed E-state index contributed by atoms with van der Waals surface area (Å²) in [6.07, 6.45) is 5.68. The molecule has 0 aromatic carbocycles. The van der Waals surface area contributed by atoms with Crippen LogP contribution in [-0.2, 0) is 4.79 Å². The highest BCUT2D eigenvalue weighted by Gasteiger charge is 2.29. The van der Waals surface area contributed by atoms with Crippen molar-refractivity contribution in [3.05, 3.63) is 0 Å². The monoisotopic (exact) mass is 230 g/mol. The maximum absolute atomic E-state index is 11.8. The van der Waals surface area contributed by atoms with Crippen LogP contribution in [0.1, 0.15) is 33.1 Å². The Morgan fingerprint density at radius 1 is 1.47 bits per heavy atom. The maximum atomic E-state index is 11.8. The predicted octanol–water partition coefficient (Wildman–Crippen LogP) is 1.37. The van der Waals surface area contributed by atoms with Gasteiger partial charge < -0.3 is 11.1 Å². The van der Waals surface area contributed by atoms with Crippen LogP contribution in [0.3, 0.4) is 0 Å². The van der Waals surface area contributed by atoms with Crippen LogP contribution in [0.25, 0.3) is 0 Å². The number of hydrogen-bond donors (Lipinski definition) is 2. The Balaban J connectivity index is 2.43. The Morgan fingerprint density at radius 3 is 2.67 bits per heavy atom. The Bertz CT molecular complexity index is 221. The van der Waals surface area contributed by atoms with E-state index in [1.807, 2.05) is 25.6 Å². The third-order valence-corrected chi connectivity index (χ3v) is 4.45. The summed E-state index contributed by atoms with van der Waals surface area (Å²) in [4.78, 5) is 11.8. The molecule has 0 radical (unpaired) electrons. The molecule has 0 saturated heterocycles. The Kier molecular flexibility index (Phi) is 4.93. The van der Waals surface area contributed by atoms with Crippen molar-refractivity contribution < 1.29 is 4.79 Å². The van der Waals surface area contributed by atoms with E-state index in [4.69, 9.17) is 5.73 Å².